The van der Waals surface area contributed by atoms with E-state index < -0.39 is 0 Å². The number of rotatable bonds is 3. The van der Waals surface area contributed by atoms with Gasteiger partial charge in [0, 0.05) is 36.6 Å². The Kier molecular flexibility index (Phi) is 4.95. The van der Waals surface area contributed by atoms with Gasteiger partial charge < -0.3 is 15.0 Å². The van der Waals surface area contributed by atoms with Crippen LogP contribution in [0.4, 0.5) is 10.5 Å². The van der Waals surface area contributed by atoms with Gasteiger partial charge in [-0.05, 0) is 30.3 Å². The van der Waals surface area contributed by atoms with Gasteiger partial charge in [0.1, 0.15) is 6.10 Å². The summed E-state index contributed by atoms with van der Waals surface area (Å²) >= 11 is 7.52. The molecule has 1 fully saturated rings. The quantitative estimate of drug-likeness (QED) is 0.686. The molecule has 1 N–H and O–H groups in total. The van der Waals surface area contributed by atoms with E-state index in [4.69, 9.17) is 16.3 Å². The molecule has 1 saturated heterocycles. The Morgan fingerprint density at radius 2 is 2.00 bits per heavy atom. The Balaban J connectivity index is 1.31. The summed E-state index contributed by atoms with van der Waals surface area (Å²) in [5.41, 5.74) is 1.67. The number of nitrogens with one attached hydrogen (secondary N) is 1. The molecule has 1 aliphatic rings. The van der Waals surface area contributed by atoms with E-state index in [0.717, 1.165) is 23.1 Å². The highest BCUT2D eigenvalue weighted by Crippen LogP contribution is 2.29. The highest BCUT2D eigenvalue weighted by molar-refractivity contribution is 7.20. The number of ether oxygens (including phenoxy) is 1. The third-order valence-electron chi connectivity index (χ3n) is 4.35. The summed E-state index contributed by atoms with van der Waals surface area (Å²) in [7, 11) is 0. The van der Waals surface area contributed by atoms with Crippen molar-refractivity contribution in [2.24, 2.45) is 0 Å². The number of para-hydroxylation sites is 1. The first kappa shape index (κ1) is 17.1. The first-order chi connectivity index (χ1) is 12.7. The average Bonchev–Trinajstić information content (AvgIpc) is 3.04. The van der Waals surface area contributed by atoms with Crippen molar-refractivity contribution in [2.45, 2.75) is 18.9 Å². The highest BCUT2D eigenvalue weighted by Gasteiger charge is 2.24. The number of halogens is 1. The van der Waals surface area contributed by atoms with Crippen molar-refractivity contribution < 1.29 is 9.53 Å². The molecule has 1 aliphatic heterocycles. The van der Waals surface area contributed by atoms with Crippen LogP contribution in [-0.2, 0) is 0 Å². The second-order valence-corrected chi connectivity index (χ2v) is 7.62. The fourth-order valence-electron chi connectivity index (χ4n) is 2.99. The molecule has 2 aromatic carbocycles. The fraction of sp³-hybridized carbons (Fsp3) is 0.263. The Morgan fingerprint density at radius 3 is 2.77 bits per heavy atom. The van der Waals surface area contributed by atoms with Crippen LogP contribution in [0, 0.1) is 0 Å². The van der Waals surface area contributed by atoms with Crippen molar-refractivity contribution in [3.05, 3.63) is 53.6 Å². The molecule has 4 rings (SSSR count). The smallest absolute Gasteiger partial charge is 0.321 e. The van der Waals surface area contributed by atoms with Crippen LogP contribution < -0.4 is 10.1 Å². The Labute approximate surface area is 160 Å². The van der Waals surface area contributed by atoms with Gasteiger partial charge >= 0.3 is 6.03 Å². The number of carbonyl (C=O) groups is 1. The van der Waals surface area contributed by atoms with Crippen molar-refractivity contribution in [1.29, 1.82) is 0 Å². The number of carbonyl (C=O) groups excluding carboxylic acids is 1. The number of benzene rings is 2. The van der Waals surface area contributed by atoms with E-state index in [1.165, 1.54) is 0 Å². The zero-order valence-corrected chi connectivity index (χ0v) is 15.6. The van der Waals surface area contributed by atoms with Crippen LogP contribution in [0.2, 0.25) is 5.02 Å². The lowest BCUT2D eigenvalue weighted by Crippen LogP contribution is -2.43. The van der Waals surface area contributed by atoms with E-state index in [2.05, 4.69) is 10.3 Å². The van der Waals surface area contributed by atoms with Crippen LogP contribution in [0.5, 0.6) is 5.19 Å². The number of anilines is 1. The summed E-state index contributed by atoms with van der Waals surface area (Å²) < 4.78 is 7.16. The number of amides is 2. The largest absolute Gasteiger partial charge is 0.467 e. The van der Waals surface area contributed by atoms with Crippen molar-refractivity contribution in [3.63, 3.8) is 0 Å². The molecule has 0 bridgehead atoms. The van der Waals surface area contributed by atoms with Crippen molar-refractivity contribution in [1.82, 2.24) is 9.88 Å². The maximum atomic E-state index is 12.4. The molecule has 5 nitrogen and oxygen atoms in total. The minimum Gasteiger partial charge on any atom is -0.467 e. The predicted octanol–water partition coefficient (Wildman–Crippen LogP) is 5.03. The molecule has 134 valence electrons. The molecule has 7 heteroatoms. The monoisotopic (exact) mass is 387 g/mol. The minimum atomic E-state index is -0.106. The van der Waals surface area contributed by atoms with Gasteiger partial charge in [-0.3, -0.25) is 0 Å². The Hall–Kier alpha value is -2.31. The van der Waals surface area contributed by atoms with Crippen LogP contribution in [0.25, 0.3) is 10.2 Å². The van der Waals surface area contributed by atoms with E-state index >= 15 is 0 Å². The van der Waals surface area contributed by atoms with E-state index in [1.54, 1.807) is 28.4 Å². The first-order valence-corrected chi connectivity index (χ1v) is 9.70. The molecule has 1 aromatic heterocycles. The third kappa shape index (κ3) is 3.92. The number of fused-ring (bicyclic) bond motifs is 1. The van der Waals surface area contributed by atoms with Crippen molar-refractivity contribution in [2.75, 3.05) is 18.4 Å². The molecule has 0 aliphatic carbocycles. The van der Waals surface area contributed by atoms with Crippen molar-refractivity contribution in [3.8, 4) is 5.19 Å². The molecular weight excluding hydrogens is 370 g/mol. The number of piperidine rings is 1. The van der Waals surface area contributed by atoms with Gasteiger partial charge in [0.05, 0.1) is 10.2 Å². The van der Waals surface area contributed by atoms with Gasteiger partial charge in [-0.2, -0.15) is 0 Å². The van der Waals surface area contributed by atoms with Crippen LogP contribution in [0.1, 0.15) is 12.8 Å². The maximum Gasteiger partial charge on any atom is 0.321 e. The van der Waals surface area contributed by atoms with Gasteiger partial charge in [0.2, 0.25) is 0 Å². The zero-order valence-electron chi connectivity index (χ0n) is 14.0. The second-order valence-electron chi connectivity index (χ2n) is 6.19. The van der Waals surface area contributed by atoms with E-state index in [-0.39, 0.29) is 12.1 Å². The number of thiazole rings is 1. The molecule has 26 heavy (non-hydrogen) atoms. The number of urea groups is 1. The number of hydrogen-bond donors (Lipinski definition) is 1. The molecule has 2 amide bonds. The number of hydrogen-bond acceptors (Lipinski definition) is 4. The minimum absolute atomic E-state index is 0.0887. The number of likely N-dealkylation sites (tertiary alicyclic amines) is 1. The SMILES string of the molecule is O=C(Nc1cccc(Cl)c1)N1CCC(Oc2nc3ccccc3s2)CC1. The number of nitrogens with zero attached hydrogens (tertiary/aromatic N) is 2. The molecule has 0 unspecified atom stereocenters. The summed E-state index contributed by atoms with van der Waals surface area (Å²) in [6.07, 6.45) is 1.67. The summed E-state index contributed by atoms with van der Waals surface area (Å²) in [5, 5.41) is 4.19. The topological polar surface area (TPSA) is 54.5 Å². The molecular formula is C19H18ClN3O2S. The van der Waals surface area contributed by atoms with Gasteiger partial charge in [-0.25, -0.2) is 9.78 Å². The average molecular weight is 388 g/mol. The molecule has 3 aromatic rings. The lowest BCUT2D eigenvalue weighted by atomic mass is 10.1. The predicted molar refractivity (Wildman–Crippen MR) is 105 cm³/mol. The molecule has 0 radical (unpaired) electrons. The third-order valence-corrected chi connectivity index (χ3v) is 5.51. The first-order valence-electron chi connectivity index (χ1n) is 8.51. The second kappa shape index (κ2) is 7.51. The molecule has 0 spiro atoms. The summed E-state index contributed by atoms with van der Waals surface area (Å²) in [5.74, 6) is 0. The van der Waals surface area contributed by atoms with Crippen LogP contribution in [0.3, 0.4) is 0 Å². The summed E-state index contributed by atoms with van der Waals surface area (Å²) in [6.45, 7) is 1.31. The highest BCUT2D eigenvalue weighted by atomic mass is 35.5. The van der Waals surface area contributed by atoms with Gasteiger partial charge in [0.25, 0.3) is 5.19 Å². The molecule has 0 saturated carbocycles. The molecule has 2 heterocycles. The van der Waals surface area contributed by atoms with Gasteiger partial charge in [-0.15, -0.1) is 0 Å². The van der Waals surface area contributed by atoms with E-state index in [9.17, 15) is 4.79 Å². The van der Waals surface area contributed by atoms with Crippen molar-refractivity contribution >= 4 is 44.9 Å². The fourth-order valence-corrected chi connectivity index (χ4v) is 4.06. The van der Waals surface area contributed by atoms with E-state index in [1.807, 2.05) is 36.4 Å². The van der Waals surface area contributed by atoms with Crippen LogP contribution in [0.15, 0.2) is 48.5 Å². The zero-order chi connectivity index (χ0) is 17.9. The van der Waals surface area contributed by atoms with Gasteiger partial charge in [-0.1, -0.05) is 41.1 Å². The van der Waals surface area contributed by atoms with E-state index in [0.29, 0.717) is 29.0 Å². The Morgan fingerprint density at radius 1 is 1.19 bits per heavy atom. The molecule has 0 atom stereocenters. The van der Waals surface area contributed by atoms with Crippen LogP contribution >= 0.6 is 22.9 Å². The Bertz CT molecular complexity index is 889. The normalized spacial score (nSPS) is 15.2. The number of aromatic nitrogens is 1. The summed E-state index contributed by atoms with van der Waals surface area (Å²) in [4.78, 5) is 18.7. The maximum absolute atomic E-state index is 12.4. The van der Waals surface area contributed by atoms with Crippen LogP contribution in [-0.4, -0.2) is 35.1 Å². The summed E-state index contributed by atoms with van der Waals surface area (Å²) in [6, 6.07) is 15.1. The standard InChI is InChI=1S/C19H18ClN3O2S/c20-13-4-3-5-14(12-13)21-18(24)23-10-8-15(9-11-23)25-19-22-16-6-1-2-7-17(16)26-19/h1-7,12,15H,8-11H2,(H,21,24). The lowest BCUT2D eigenvalue weighted by Gasteiger charge is -2.31. The lowest BCUT2D eigenvalue weighted by molar-refractivity contribution is 0.115. The van der Waals surface area contributed by atoms with Gasteiger partial charge in [0.15, 0.2) is 0 Å².